The maximum absolute atomic E-state index is 13.8. The molecule has 0 aliphatic carbocycles. The standard InChI is InChI=1S/C22H20FN3O3/c23-18-9-5-4-8-16(18)12-19(27)26-11-10-17(13-26)25-22(28)20-21(29-14-24-20)15-6-2-1-3-7-15/h1-9,14,17H,10-13H2,(H,25,28)/t17-/m0/s1. The highest BCUT2D eigenvalue weighted by atomic mass is 19.1. The zero-order valence-corrected chi connectivity index (χ0v) is 15.7. The lowest BCUT2D eigenvalue weighted by Gasteiger charge is -2.17. The molecule has 0 unspecified atom stereocenters. The highest BCUT2D eigenvalue weighted by Gasteiger charge is 2.29. The van der Waals surface area contributed by atoms with E-state index in [0.717, 1.165) is 5.56 Å². The van der Waals surface area contributed by atoms with E-state index in [1.807, 2.05) is 30.3 Å². The number of hydrogen-bond donors (Lipinski definition) is 1. The Labute approximate surface area is 167 Å². The molecule has 3 aromatic rings. The minimum absolute atomic E-state index is 0.00871. The molecular formula is C22H20FN3O3. The van der Waals surface area contributed by atoms with Crippen LogP contribution >= 0.6 is 0 Å². The molecule has 1 aromatic heterocycles. The summed E-state index contributed by atoms with van der Waals surface area (Å²) in [6.07, 6.45) is 1.89. The molecule has 1 aliphatic rings. The number of hydrogen-bond acceptors (Lipinski definition) is 4. The topological polar surface area (TPSA) is 75.4 Å². The Morgan fingerprint density at radius 3 is 2.69 bits per heavy atom. The van der Waals surface area contributed by atoms with Gasteiger partial charge in [-0.05, 0) is 18.1 Å². The first-order valence-electron chi connectivity index (χ1n) is 9.43. The van der Waals surface area contributed by atoms with Crippen molar-refractivity contribution in [3.63, 3.8) is 0 Å². The van der Waals surface area contributed by atoms with Crippen molar-refractivity contribution >= 4 is 11.8 Å². The smallest absolute Gasteiger partial charge is 0.274 e. The Kier molecular flexibility index (Phi) is 5.37. The van der Waals surface area contributed by atoms with Gasteiger partial charge in [0.25, 0.3) is 5.91 Å². The Balaban J connectivity index is 1.37. The van der Waals surface area contributed by atoms with Gasteiger partial charge in [0.15, 0.2) is 17.8 Å². The Morgan fingerprint density at radius 2 is 1.90 bits per heavy atom. The first-order valence-corrected chi connectivity index (χ1v) is 9.43. The number of carbonyl (C=O) groups excluding carboxylic acids is 2. The van der Waals surface area contributed by atoms with Crippen LogP contribution in [0.2, 0.25) is 0 Å². The number of amides is 2. The first kappa shape index (κ1) is 18.9. The molecular weight excluding hydrogens is 373 g/mol. The molecule has 1 atom stereocenters. The van der Waals surface area contributed by atoms with E-state index in [4.69, 9.17) is 4.42 Å². The van der Waals surface area contributed by atoms with Crippen LogP contribution in [0, 0.1) is 5.82 Å². The average Bonchev–Trinajstić information content (AvgIpc) is 3.40. The van der Waals surface area contributed by atoms with E-state index in [2.05, 4.69) is 10.3 Å². The van der Waals surface area contributed by atoms with Gasteiger partial charge in [-0.3, -0.25) is 9.59 Å². The second-order valence-corrected chi connectivity index (χ2v) is 6.96. The van der Waals surface area contributed by atoms with E-state index in [9.17, 15) is 14.0 Å². The first-order chi connectivity index (χ1) is 14.1. The van der Waals surface area contributed by atoms with Crippen LogP contribution in [0.25, 0.3) is 11.3 Å². The predicted octanol–water partition coefficient (Wildman–Crippen LogP) is 3.05. The summed E-state index contributed by atoms with van der Waals surface area (Å²) in [5.41, 5.74) is 1.36. The SMILES string of the molecule is O=C(N[C@H]1CCN(C(=O)Cc2ccccc2F)C1)c1ncoc1-c1ccccc1. The largest absolute Gasteiger partial charge is 0.443 e. The van der Waals surface area contributed by atoms with Crippen LogP contribution in [0.15, 0.2) is 65.4 Å². The molecule has 7 heteroatoms. The van der Waals surface area contributed by atoms with Gasteiger partial charge in [0.2, 0.25) is 5.91 Å². The minimum Gasteiger partial charge on any atom is -0.443 e. The van der Waals surface area contributed by atoms with Crippen LogP contribution in [-0.2, 0) is 11.2 Å². The van der Waals surface area contributed by atoms with Crippen molar-refractivity contribution in [1.29, 1.82) is 0 Å². The van der Waals surface area contributed by atoms with Crippen molar-refractivity contribution in [2.24, 2.45) is 0 Å². The summed E-state index contributed by atoms with van der Waals surface area (Å²) in [4.78, 5) is 30.9. The highest BCUT2D eigenvalue weighted by Crippen LogP contribution is 2.23. The summed E-state index contributed by atoms with van der Waals surface area (Å²) in [5, 5.41) is 2.92. The van der Waals surface area contributed by atoms with Crippen LogP contribution < -0.4 is 5.32 Å². The molecule has 0 bridgehead atoms. The third-order valence-corrected chi connectivity index (χ3v) is 4.99. The van der Waals surface area contributed by atoms with Gasteiger partial charge in [-0.25, -0.2) is 9.37 Å². The van der Waals surface area contributed by atoms with Crippen LogP contribution in [0.1, 0.15) is 22.5 Å². The molecule has 148 valence electrons. The summed E-state index contributed by atoms with van der Waals surface area (Å²) in [6.45, 7) is 0.903. The van der Waals surface area contributed by atoms with Crippen LogP contribution in [-0.4, -0.2) is 40.8 Å². The zero-order chi connectivity index (χ0) is 20.2. The molecule has 1 fully saturated rings. The van der Waals surface area contributed by atoms with Crippen LogP contribution in [0.4, 0.5) is 4.39 Å². The highest BCUT2D eigenvalue weighted by molar-refractivity contribution is 5.97. The maximum Gasteiger partial charge on any atom is 0.274 e. The van der Waals surface area contributed by atoms with Gasteiger partial charge < -0.3 is 14.6 Å². The van der Waals surface area contributed by atoms with Crippen molar-refractivity contribution < 1.29 is 18.4 Å². The van der Waals surface area contributed by atoms with Crippen molar-refractivity contribution in [1.82, 2.24) is 15.2 Å². The number of halogens is 1. The predicted molar refractivity (Wildman–Crippen MR) is 104 cm³/mol. The average molecular weight is 393 g/mol. The lowest BCUT2D eigenvalue weighted by Crippen LogP contribution is -2.39. The van der Waals surface area contributed by atoms with Gasteiger partial charge in [-0.1, -0.05) is 48.5 Å². The summed E-state index contributed by atoms with van der Waals surface area (Å²) in [6, 6.07) is 15.4. The Morgan fingerprint density at radius 1 is 1.14 bits per heavy atom. The fourth-order valence-electron chi connectivity index (χ4n) is 3.48. The second kappa shape index (κ2) is 8.26. The normalized spacial score (nSPS) is 16.0. The second-order valence-electron chi connectivity index (χ2n) is 6.96. The molecule has 0 radical (unpaired) electrons. The van der Waals surface area contributed by atoms with Gasteiger partial charge in [0, 0.05) is 24.7 Å². The van der Waals surface area contributed by atoms with Crippen molar-refractivity contribution in [3.8, 4) is 11.3 Å². The number of carbonyl (C=O) groups is 2. The van der Waals surface area contributed by atoms with Crippen LogP contribution in [0.3, 0.4) is 0 Å². The molecule has 2 aromatic carbocycles. The van der Waals surface area contributed by atoms with Gasteiger partial charge in [-0.2, -0.15) is 0 Å². The third-order valence-electron chi connectivity index (χ3n) is 4.99. The maximum atomic E-state index is 13.8. The zero-order valence-electron chi connectivity index (χ0n) is 15.7. The van der Waals surface area contributed by atoms with Gasteiger partial charge in [0.05, 0.1) is 6.42 Å². The minimum atomic E-state index is -0.385. The molecule has 6 nitrogen and oxygen atoms in total. The molecule has 0 saturated carbocycles. The fourth-order valence-corrected chi connectivity index (χ4v) is 3.48. The van der Waals surface area contributed by atoms with E-state index in [1.165, 1.54) is 12.5 Å². The van der Waals surface area contributed by atoms with Gasteiger partial charge in [-0.15, -0.1) is 0 Å². The van der Waals surface area contributed by atoms with Crippen molar-refractivity contribution in [3.05, 3.63) is 78.1 Å². The summed E-state index contributed by atoms with van der Waals surface area (Å²) >= 11 is 0. The van der Waals surface area contributed by atoms with E-state index >= 15 is 0 Å². The fraction of sp³-hybridized carbons (Fsp3) is 0.227. The molecule has 2 amide bonds. The molecule has 2 heterocycles. The number of rotatable bonds is 5. The lowest BCUT2D eigenvalue weighted by molar-refractivity contribution is -0.129. The molecule has 1 N–H and O–H groups in total. The summed E-state index contributed by atoms with van der Waals surface area (Å²) in [7, 11) is 0. The number of nitrogens with one attached hydrogen (secondary N) is 1. The molecule has 1 aliphatic heterocycles. The van der Waals surface area contributed by atoms with Gasteiger partial charge in [0.1, 0.15) is 5.82 Å². The monoisotopic (exact) mass is 393 g/mol. The van der Waals surface area contributed by atoms with Crippen molar-refractivity contribution in [2.75, 3.05) is 13.1 Å². The van der Waals surface area contributed by atoms with E-state index in [-0.39, 0.29) is 35.8 Å². The Bertz CT molecular complexity index is 1020. The third kappa shape index (κ3) is 4.18. The number of aromatic nitrogens is 1. The summed E-state index contributed by atoms with van der Waals surface area (Å²) < 4.78 is 19.2. The molecule has 4 rings (SSSR count). The molecule has 29 heavy (non-hydrogen) atoms. The van der Waals surface area contributed by atoms with E-state index < -0.39 is 0 Å². The molecule has 1 saturated heterocycles. The Hall–Kier alpha value is -3.48. The number of nitrogens with zero attached hydrogens (tertiary/aromatic N) is 2. The van der Waals surface area contributed by atoms with Gasteiger partial charge >= 0.3 is 0 Å². The molecule has 0 spiro atoms. The lowest BCUT2D eigenvalue weighted by atomic mass is 10.1. The summed E-state index contributed by atoms with van der Waals surface area (Å²) in [5.74, 6) is -0.470. The van der Waals surface area contributed by atoms with Crippen molar-refractivity contribution in [2.45, 2.75) is 18.9 Å². The number of likely N-dealkylation sites (tertiary alicyclic amines) is 1. The van der Waals surface area contributed by atoms with E-state index in [0.29, 0.717) is 30.8 Å². The van der Waals surface area contributed by atoms with E-state index in [1.54, 1.807) is 23.1 Å². The number of oxazole rings is 1. The quantitative estimate of drug-likeness (QED) is 0.723. The van der Waals surface area contributed by atoms with Crippen LogP contribution in [0.5, 0.6) is 0 Å². The number of benzene rings is 2.